The molecule has 0 bridgehead atoms. The van der Waals surface area contributed by atoms with Crippen LogP contribution in [0.3, 0.4) is 0 Å². The third-order valence-electron chi connectivity index (χ3n) is 3.65. The maximum absolute atomic E-state index is 12.2. The second-order valence-corrected chi connectivity index (χ2v) is 5.15. The Labute approximate surface area is 131 Å². The van der Waals surface area contributed by atoms with Gasteiger partial charge >= 0.3 is 0 Å². The number of rotatable bonds is 5. The maximum atomic E-state index is 12.2. The van der Waals surface area contributed by atoms with Gasteiger partial charge < -0.3 is 10.6 Å². The summed E-state index contributed by atoms with van der Waals surface area (Å²) >= 11 is 0. The average Bonchev–Trinajstić information content (AvgIpc) is 2.61. The van der Waals surface area contributed by atoms with Crippen LogP contribution in [0.25, 0.3) is 5.57 Å². The van der Waals surface area contributed by atoms with Crippen LogP contribution < -0.4 is 10.6 Å². The lowest BCUT2D eigenvalue weighted by Gasteiger charge is -2.25. The lowest BCUT2D eigenvalue weighted by molar-refractivity contribution is 0.0990. The van der Waals surface area contributed by atoms with Crippen LogP contribution in [0.4, 0.5) is 0 Å². The van der Waals surface area contributed by atoms with E-state index in [1.54, 1.807) is 0 Å². The number of ketones is 1. The first-order valence-electron chi connectivity index (χ1n) is 7.40. The second kappa shape index (κ2) is 7.16. The highest BCUT2D eigenvalue weighted by atomic mass is 16.1. The normalized spacial score (nSPS) is 17.8. The summed E-state index contributed by atoms with van der Waals surface area (Å²) in [5.41, 5.74) is 3.03. The van der Waals surface area contributed by atoms with Crippen LogP contribution in [-0.2, 0) is 0 Å². The van der Waals surface area contributed by atoms with E-state index in [1.165, 1.54) is 0 Å². The molecule has 2 aromatic rings. The summed E-state index contributed by atoms with van der Waals surface area (Å²) in [7, 11) is 0. The van der Waals surface area contributed by atoms with E-state index in [4.69, 9.17) is 0 Å². The van der Waals surface area contributed by atoms with Crippen molar-refractivity contribution >= 4 is 11.4 Å². The fourth-order valence-electron chi connectivity index (χ4n) is 2.51. The standard InChI is InChI=1S/C19H18N2O/c22-19(16-9-5-2-6-10-16)14-21-18-13-20-12-11-17(18)15-7-3-1-4-8-15/h1-11,18,20-21H,12,14H2. The van der Waals surface area contributed by atoms with Gasteiger partial charge in [-0.25, -0.2) is 0 Å². The van der Waals surface area contributed by atoms with Gasteiger partial charge in [0.15, 0.2) is 5.78 Å². The quantitative estimate of drug-likeness (QED) is 0.832. The largest absolute Gasteiger partial charge is 0.303 e. The first kappa shape index (κ1) is 14.7. The zero-order chi connectivity index (χ0) is 15.2. The van der Waals surface area contributed by atoms with E-state index in [0.29, 0.717) is 0 Å². The Balaban J connectivity index is 1.67. The van der Waals surface area contributed by atoms with Crippen molar-refractivity contribution in [3.05, 3.63) is 84.4 Å². The van der Waals surface area contributed by atoms with E-state index < -0.39 is 0 Å². The molecular weight excluding hydrogens is 272 g/mol. The molecule has 1 atom stereocenters. The lowest BCUT2D eigenvalue weighted by atomic mass is 9.95. The Morgan fingerprint density at radius 2 is 1.77 bits per heavy atom. The first-order valence-corrected chi connectivity index (χ1v) is 7.40. The van der Waals surface area contributed by atoms with Crippen molar-refractivity contribution in [2.24, 2.45) is 0 Å². The molecule has 0 saturated carbocycles. The molecule has 1 unspecified atom stereocenters. The first-order chi connectivity index (χ1) is 10.8. The number of nitrogens with one attached hydrogen (secondary N) is 2. The van der Waals surface area contributed by atoms with Crippen molar-refractivity contribution in [3.8, 4) is 0 Å². The molecule has 3 nitrogen and oxygen atoms in total. The zero-order valence-corrected chi connectivity index (χ0v) is 12.3. The molecular formula is C19H18N2O. The van der Waals surface area contributed by atoms with Gasteiger partial charge in [-0.1, -0.05) is 66.7 Å². The van der Waals surface area contributed by atoms with Gasteiger partial charge in [0.05, 0.1) is 19.1 Å². The summed E-state index contributed by atoms with van der Waals surface area (Å²) in [6.07, 6.45) is 2.14. The molecule has 3 heteroatoms. The van der Waals surface area contributed by atoms with Crippen LogP contribution in [0, 0.1) is 6.54 Å². The number of Topliss-reactive ketones (excluding diaryl/α,β-unsaturated/α-hetero) is 1. The van der Waals surface area contributed by atoms with Crippen LogP contribution in [0.1, 0.15) is 15.9 Å². The number of hydrogen-bond donors (Lipinski definition) is 2. The van der Waals surface area contributed by atoms with Crippen LogP contribution in [-0.4, -0.2) is 24.9 Å². The molecule has 0 amide bonds. The summed E-state index contributed by atoms with van der Waals surface area (Å²) in [5, 5.41) is 6.37. The minimum atomic E-state index is -0.0937. The van der Waals surface area contributed by atoms with Crippen molar-refractivity contribution < 1.29 is 4.79 Å². The SMILES string of the molecule is O=C(CNC1[C]NCC=C1c1ccccc1)c1ccccc1. The molecule has 110 valence electrons. The van der Waals surface area contributed by atoms with Gasteiger partial charge in [0.2, 0.25) is 0 Å². The summed E-state index contributed by atoms with van der Waals surface area (Å²) in [5.74, 6) is 0.0837. The Hall–Kier alpha value is -2.23. The third kappa shape index (κ3) is 3.50. The number of benzene rings is 2. The molecule has 3 rings (SSSR count). The molecule has 22 heavy (non-hydrogen) atoms. The van der Waals surface area contributed by atoms with Crippen molar-refractivity contribution in [1.29, 1.82) is 0 Å². The van der Waals surface area contributed by atoms with E-state index in [0.717, 1.165) is 23.2 Å². The predicted octanol–water partition coefficient (Wildman–Crippen LogP) is 2.55. The van der Waals surface area contributed by atoms with Gasteiger partial charge in [0.25, 0.3) is 0 Å². The molecule has 2 aromatic carbocycles. The Morgan fingerprint density at radius 3 is 2.50 bits per heavy atom. The van der Waals surface area contributed by atoms with Crippen molar-refractivity contribution in [3.63, 3.8) is 0 Å². The van der Waals surface area contributed by atoms with Gasteiger partial charge in [0.1, 0.15) is 0 Å². The van der Waals surface area contributed by atoms with Gasteiger partial charge in [-0.15, -0.1) is 0 Å². The molecule has 2 radical (unpaired) electrons. The number of carbonyl (C=O) groups is 1. The fourth-order valence-corrected chi connectivity index (χ4v) is 2.51. The van der Waals surface area contributed by atoms with Gasteiger partial charge in [-0.2, -0.15) is 0 Å². The molecule has 1 aliphatic rings. The van der Waals surface area contributed by atoms with Gasteiger partial charge in [-0.05, 0) is 11.1 Å². The smallest absolute Gasteiger partial charge is 0.176 e. The Bertz CT molecular complexity index is 650. The van der Waals surface area contributed by atoms with Crippen LogP contribution >= 0.6 is 0 Å². The molecule has 0 saturated heterocycles. The van der Waals surface area contributed by atoms with Crippen molar-refractivity contribution in [1.82, 2.24) is 10.6 Å². The topological polar surface area (TPSA) is 41.1 Å². The monoisotopic (exact) mass is 290 g/mol. The summed E-state index contributed by atoms with van der Waals surface area (Å²) in [4.78, 5) is 12.2. The minimum Gasteiger partial charge on any atom is -0.303 e. The second-order valence-electron chi connectivity index (χ2n) is 5.15. The average molecular weight is 290 g/mol. The number of carbonyl (C=O) groups excluding carboxylic acids is 1. The molecule has 2 N–H and O–H groups in total. The summed E-state index contributed by atoms with van der Waals surface area (Å²) in [6, 6.07) is 19.4. The zero-order valence-electron chi connectivity index (χ0n) is 12.3. The van der Waals surface area contributed by atoms with Crippen molar-refractivity contribution in [2.45, 2.75) is 6.04 Å². The van der Waals surface area contributed by atoms with Crippen LogP contribution in [0.15, 0.2) is 66.7 Å². The van der Waals surface area contributed by atoms with Crippen molar-refractivity contribution in [2.75, 3.05) is 13.1 Å². The Kier molecular flexibility index (Phi) is 4.78. The Morgan fingerprint density at radius 1 is 1.09 bits per heavy atom. The van der Waals surface area contributed by atoms with Crippen LogP contribution in [0.2, 0.25) is 0 Å². The number of hydrogen-bond acceptors (Lipinski definition) is 3. The fraction of sp³-hybridized carbons (Fsp3) is 0.158. The highest BCUT2D eigenvalue weighted by molar-refractivity contribution is 5.97. The predicted molar refractivity (Wildman–Crippen MR) is 88.2 cm³/mol. The van der Waals surface area contributed by atoms with E-state index in [-0.39, 0.29) is 18.4 Å². The maximum Gasteiger partial charge on any atom is 0.176 e. The molecule has 0 spiro atoms. The molecule has 1 aliphatic heterocycles. The highest BCUT2D eigenvalue weighted by Crippen LogP contribution is 2.21. The van der Waals surface area contributed by atoms with E-state index >= 15 is 0 Å². The lowest BCUT2D eigenvalue weighted by Crippen LogP contribution is -2.41. The van der Waals surface area contributed by atoms with E-state index in [1.807, 2.05) is 48.5 Å². The minimum absolute atomic E-state index is 0.0837. The molecule has 0 aromatic heterocycles. The third-order valence-corrected chi connectivity index (χ3v) is 3.65. The van der Waals surface area contributed by atoms with E-state index in [2.05, 4.69) is 35.4 Å². The molecule has 1 heterocycles. The van der Waals surface area contributed by atoms with Crippen LogP contribution in [0.5, 0.6) is 0 Å². The molecule has 0 aliphatic carbocycles. The van der Waals surface area contributed by atoms with Gasteiger partial charge in [0, 0.05) is 12.1 Å². The summed E-state index contributed by atoms with van der Waals surface area (Å²) < 4.78 is 0. The summed E-state index contributed by atoms with van der Waals surface area (Å²) in [6.45, 7) is 4.24. The highest BCUT2D eigenvalue weighted by Gasteiger charge is 2.20. The van der Waals surface area contributed by atoms with E-state index in [9.17, 15) is 4.79 Å². The molecule has 0 fully saturated rings. The van der Waals surface area contributed by atoms with Gasteiger partial charge in [-0.3, -0.25) is 4.79 Å².